The van der Waals surface area contributed by atoms with Gasteiger partial charge < -0.3 is 0 Å². The fourth-order valence-corrected chi connectivity index (χ4v) is 2.38. The number of halogens is 3. The summed E-state index contributed by atoms with van der Waals surface area (Å²) in [6, 6.07) is 8.68. The van der Waals surface area contributed by atoms with Crippen LogP contribution in [0.3, 0.4) is 0 Å². The van der Waals surface area contributed by atoms with Gasteiger partial charge in [0, 0.05) is 16.7 Å². The minimum absolute atomic E-state index is 0.285. The molecule has 0 saturated heterocycles. The van der Waals surface area contributed by atoms with Crippen LogP contribution >= 0.6 is 11.6 Å². The lowest BCUT2D eigenvalue weighted by atomic mass is 10.0. The van der Waals surface area contributed by atoms with Gasteiger partial charge in [-0.25, -0.2) is 18.6 Å². The maximum Gasteiger partial charge on any atom is 0.298 e. The van der Waals surface area contributed by atoms with Crippen molar-refractivity contribution in [3.8, 4) is 0 Å². The zero-order valence-electron chi connectivity index (χ0n) is 12.0. The Morgan fingerprint density at radius 2 is 1.75 bits per heavy atom. The molecule has 0 radical (unpaired) electrons. The quantitative estimate of drug-likeness (QED) is 0.638. The minimum Gasteiger partial charge on any atom is -0.268 e. The van der Waals surface area contributed by atoms with Crippen molar-refractivity contribution in [3.63, 3.8) is 0 Å². The van der Waals surface area contributed by atoms with Gasteiger partial charge in [0.2, 0.25) is 0 Å². The summed E-state index contributed by atoms with van der Waals surface area (Å²) >= 11 is 5.76. The standard InChI is InChI=1S/C15H11ClF2N2O3S/c16-10-3-1-9(2-4-10)7-13(15(21)20-24(19,22)23)12-6-5-11(17)8-14(12)18/h1-8H,(H,20,21)(H2,19,22,23)/b13-7+. The zero-order chi connectivity index (χ0) is 17.9. The molecule has 0 saturated carbocycles. The summed E-state index contributed by atoms with van der Waals surface area (Å²) < 4.78 is 50.7. The number of rotatable bonds is 4. The maximum atomic E-state index is 14.0. The molecule has 0 atom stereocenters. The first kappa shape index (κ1) is 18.1. The monoisotopic (exact) mass is 372 g/mol. The van der Waals surface area contributed by atoms with Crippen LogP contribution < -0.4 is 9.86 Å². The molecule has 5 nitrogen and oxygen atoms in total. The van der Waals surface area contributed by atoms with Crippen LogP contribution in [0.1, 0.15) is 11.1 Å². The van der Waals surface area contributed by atoms with Crippen LogP contribution in [-0.2, 0) is 15.0 Å². The Morgan fingerprint density at radius 3 is 2.29 bits per heavy atom. The molecule has 0 aromatic heterocycles. The van der Waals surface area contributed by atoms with Crippen molar-refractivity contribution in [1.29, 1.82) is 0 Å². The summed E-state index contributed by atoms with van der Waals surface area (Å²) in [4.78, 5) is 12.1. The lowest BCUT2D eigenvalue weighted by Crippen LogP contribution is -2.36. The molecule has 0 spiro atoms. The van der Waals surface area contributed by atoms with Crippen molar-refractivity contribution in [2.75, 3.05) is 0 Å². The fraction of sp³-hybridized carbons (Fsp3) is 0. The Hall–Kier alpha value is -2.29. The van der Waals surface area contributed by atoms with E-state index in [4.69, 9.17) is 16.7 Å². The van der Waals surface area contributed by atoms with E-state index in [0.717, 1.165) is 12.1 Å². The number of benzene rings is 2. The Labute approximate surface area is 141 Å². The van der Waals surface area contributed by atoms with E-state index in [9.17, 15) is 22.0 Å². The SMILES string of the molecule is NS(=O)(=O)NC(=O)/C(=C/c1ccc(Cl)cc1)c1ccc(F)cc1F. The van der Waals surface area contributed by atoms with Gasteiger partial charge in [0.25, 0.3) is 16.1 Å². The average Bonchev–Trinajstić information content (AvgIpc) is 2.45. The molecule has 2 rings (SSSR count). The van der Waals surface area contributed by atoms with E-state index >= 15 is 0 Å². The summed E-state index contributed by atoms with van der Waals surface area (Å²) in [5, 5.41) is 5.21. The van der Waals surface area contributed by atoms with Crippen LogP contribution in [0.5, 0.6) is 0 Å². The largest absolute Gasteiger partial charge is 0.298 e. The van der Waals surface area contributed by atoms with Gasteiger partial charge in [-0.3, -0.25) is 4.79 Å². The van der Waals surface area contributed by atoms with Crippen molar-refractivity contribution in [2.24, 2.45) is 5.14 Å². The van der Waals surface area contributed by atoms with Crippen molar-refractivity contribution in [3.05, 3.63) is 70.2 Å². The number of nitrogens with one attached hydrogen (secondary N) is 1. The molecule has 0 bridgehead atoms. The van der Waals surface area contributed by atoms with E-state index in [-0.39, 0.29) is 11.1 Å². The smallest absolute Gasteiger partial charge is 0.268 e. The van der Waals surface area contributed by atoms with Crippen LogP contribution in [0.2, 0.25) is 5.02 Å². The Morgan fingerprint density at radius 1 is 1.12 bits per heavy atom. The summed E-state index contributed by atoms with van der Waals surface area (Å²) in [6.45, 7) is 0. The van der Waals surface area contributed by atoms with Crippen molar-refractivity contribution < 1.29 is 22.0 Å². The van der Waals surface area contributed by atoms with Crippen LogP contribution in [0.15, 0.2) is 42.5 Å². The number of amides is 1. The summed E-state index contributed by atoms with van der Waals surface area (Å²) in [5.41, 5.74) is -0.181. The van der Waals surface area contributed by atoms with Crippen LogP contribution in [0.25, 0.3) is 11.6 Å². The van der Waals surface area contributed by atoms with Gasteiger partial charge in [-0.05, 0) is 35.9 Å². The number of carbonyl (C=O) groups is 1. The van der Waals surface area contributed by atoms with E-state index in [1.807, 2.05) is 0 Å². The molecule has 126 valence electrons. The van der Waals surface area contributed by atoms with E-state index in [1.165, 1.54) is 30.3 Å². The lowest BCUT2D eigenvalue weighted by molar-refractivity contribution is -0.113. The van der Waals surface area contributed by atoms with Gasteiger partial charge >= 0.3 is 0 Å². The number of nitrogens with two attached hydrogens (primary N) is 1. The highest BCUT2D eigenvalue weighted by molar-refractivity contribution is 7.87. The first-order valence-electron chi connectivity index (χ1n) is 6.43. The third kappa shape index (κ3) is 4.85. The predicted molar refractivity (Wildman–Crippen MR) is 86.9 cm³/mol. The Bertz CT molecular complexity index is 913. The molecule has 0 aliphatic rings. The molecule has 9 heteroatoms. The number of hydrogen-bond acceptors (Lipinski definition) is 3. The molecular weight excluding hydrogens is 362 g/mol. The molecule has 0 heterocycles. The van der Waals surface area contributed by atoms with Crippen LogP contribution in [0, 0.1) is 11.6 Å². The van der Waals surface area contributed by atoms with Crippen LogP contribution in [-0.4, -0.2) is 14.3 Å². The fourth-order valence-electron chi connectivity index (χ4n) is 1.88. The molecule has 2 aromatic carbocycles. The average molecular weight is 373 g/mol. The number of hydrogen-bond donors (Lipinski definition) is 2. The van der Waals surface area contributed by atoms with E-state index in [2.05, 4.69) is 0 Å². The predicted octanol–water partition coefficient (Wildman–Crippen LogP) is 2.48. The Balaban J connectivity index is 2.56. The molecule has 0 aliphatic carbocycles. The first-order valence-corrected chi connectivity index (χ1v) is 8.36. The van der Waals surface area contributed by atoms with Gasteiger partial charge in [-0.1, -0.05) is 23.7 Å². The third-order valence-electron chi connectivity index (χ3n) is 2.88. The highest BCUT2D eigenvalue weighted by atomic mass is 35.5. The maximum absolute atomic E-state index is 14.0. The van der Waals surface area contributed by atoms with E-state index in [0.29, 0.717) is 16.7 Å². The van der Waals surface area contributed by atoms with Gasteiger partial charge in [-0.2, -0.15) is 8.42 Å². The highest BCUT2D eigenvalue weighted by Crippen LogP contribution is 2.23. The van der Waals surface area contributed by atoms with Gasteiger partial charge in [-0.15, -0.1) is 0 Å². The van der Waals surface area contributed by atoms with Crippen molar-refractivity contribution in [2.45, 2.75) is 0 Å². The normalized spacial score (nSPS) is 12.1. The molecule has 0 aliphatic heterocycles. The summed E-state index contributed by atoms with van der Waals surface area (Å²) in [6.07, 6.45) is 1.23. The lowest BCUT2D eigenvalue weighted by Gasteiger charge is -2.09. The minimum atomic E-state index is -4.35. The van der Waals surface area contributed by atoms with Gasteiger partial charge in [0.05, 0.1) is 5.57 Å². The van der Waals surface area contributed by atoms with E-state index < -0.39 is 27.8 Å². The molecule has 24 heavy (non-hydrogen) atoms. The number of carbonyl (C=O) groups excluding carboxylic acids is 1. The van der Waals surface area contributed by atoms with Crippen molar-refractivity contribution >= 4 is 39.4 Å². The van der Waals surface area contributed by atoms with Crippen molar-refractivity contribution in [1.82, 2.24) is 4.72 Å². The topological polar surface area (TPSA) is 89.3 Å². The third-order valence-corrected chi connectivity index (χ3v) is 3.60. The molecule has 1 amide bonds. The molecule has 3 N–H and O–H groups in total. The zero-order valence-corrected chi connectivity index (χ0v) is 13.5. The van der Waals surface area contributed by atoms with Crippen LogP contribution in [0.4, 0.5) is 8.78 Å². The second-order valence-corrected chi connectivity index (χ2v) is 6.44. The second kappa shape index (κ2) is 7.08. The molecule has 0 unspecified atom stereocenters. The van der Waals surface area contributed by atoms with Gasteiger partial charge in [0.1, 0.15) is 11.6 Å². The highest BCUT2D eigenvalue weighted by Gasteiger charge is 2.19. The first-order chi connectivity index (χ1) is 11.2. The molecular formula is C15H11ClF2N2O3S. The summed E-state index contributed by atoms with van der Waals surface area (Å²) in [7, 11) is -4.35. The Kier molecular flexibility index (Phi) is 5.33. The van der Waals surface area contributed by atoms with E-state index in [1.54, 1.807) is 4.72 Å². The second-order valence-electron chi connectivity index (χ2n) is 4.71. The molecule has 0 fully saturated rings. The summed E-state index contributed by atoms with van der Waals surface area (Å²) in [5.74, 6) is -3.02. The van der Waals surface area contributed by atoms with Gasteiger partial charge in [0.15, 0.2) is 0 Å². The molecule has 2 aromatic rings.